The number of carbonyl (C=O) groups excluding carboxylic acids is 1. The summed E-state index contributed by atoms with van der Waals surface area (Å²) in [4.78, 5) is 14.3. The van der Waals surface area contributed by atoms with Gasteiger partial charge in [-0.1, -0.05) is 12.8 Å². The number of aryl methyl sites for hydroxylation is 2. The van der Waals surface area contributed by atoms with Crippen LogP contribution in [-0.2, 0) is 17.6 Å². The van der Waals surface area contributed by atoms with Crippen LogP contribution in [0.4, 0.5) is 5.82 Å². The first-order chi connectivity index (χ1) is 10.8. The first kappa shape index (κ1) is 14.0. The van der Waals surface area contributed by atoms with Crippen LogP contribution in [0, 0.1) is 11.8 Å². The van der Waals surface area contributed by atoms with Gasteiger partial charge >= 0.3 is 0 Å². The quantitative estimate of drug-likeness (QED) is 0.919. The molecule has 0 unspecified atom stereocenters. The van der Waals surface area contributed by atoms with Crippen LogP contribution in [0.5, 0.6) is 0 Å². The Morgan fingerprint density at radius 3 is 2.82 bits per heavy atom. The van der Waals surface area contributed by atoms with Crippen molar-refractivity contribution in [3.8, 4) is 0 Å². The monoisotopic (exact) mass is 300 g/mol. The van der Waals surface area contributed by atoms with Crippen molar-refractivity contribution in [2.75, 3.05) is 24.5 Å². The van der Waals surface area contributed by atoms with Crippen LogP contribution in [0.25, 0.3) is 0 Å². The Hall–Kier alpha value is -1.65. The summed E-state index contributed by atoms with van der Waals surface area (Å²) in [6.07, 6.45) is 8.02. The number of nitrogens with one attached hydrogen (secondary N) is 1. The van der Waals surface area contributed by atoms with Gasteiger partial charge in [-0.05, 0) is 43.7 Å². The molecule has 1 N–H and O–H groups in total. The smallest absolute Gasteiger partial charge is 0.223 e. The number of carbonyl (C=O) groups is 1. The van der Waals surface area contributed by atoms with Crippen molar-refractivity contribution in [2.45, 2.75) is 44.9 Å². The third-order valence-corrected chi connectivity index (χ3v) is 5.38. The highest BCUT2D eigenvalue weighted by Crippen LogP contribution is 2.27. The average molecular weight is 300 g/mol. The summed E-state index contributed by atoms with van der Waals surface area (Å²) in [5, 5.41) is 11.8. The van der Waals surface area contributed by atoms with E-state index in [0.717, 1.165) is 51.1 Å². The van der Waals surface area contributed by atoms with Crippen LogP contribution in [0.1, 0.15) is 43.4 Å². The Morgan fingerprint density at radius 1 is 1.18 bits per heavy atom. The van der Waals surface area contributed by atoms with E-state index in [4.69, 9.17) is 0 Å². The number of rotatable bonds is 4. The predicted molar refractivity (Wildman–Crippen MR) is 84.7 cm³/mol. The molecule has 0 spiro atoms. The highest BCUT2D eigenvalue weighted by Gasteiger charge is 2.30. The molecule has 22 heavy (non-hydrogen) atoms. The van der Waals surface area contributed by atoms with Crippen LogP contribution in [0.2, 0.25) is 0 Å². The zero-order valence-electron chi connectivity index (χ0n) is 13.1. The minimum atomic E-state index is 0.272. The summed E-state index contributed by atoms with van der Waals surface area (Å²) in [5.41, 5.74) is 2.56. The molecular formula is C17H24N4O. The molecule has 5 nitrogen and oxygen atoms in total. The van der Waals surface area contributed by atoms with E-state index in [-0.39, 0.29) is 11.8 Å². The van der Waals surface area contributed by atoms with Gasteiger partial charge in [0.2, 0.25) is 5.91 Å². The van der Waals surface area contributed by atoms with Crippen molar-refractivity contribution in [1.29, 1.82) is 0 Å². The molecule has 1 aromatic heterocycles. The maximum Gasteiger partial charge on any atom is 0.223 e. The molecule has 0 bridgehead atoms. The molecule has 0 atom stereocenters. The maximum atomic E-state index is 12.0. The van der Waals surface area contributed by atoms with Crippen LogP contribution in [0.15, 0.2) is 6.07 Å². The molecule has 2 aliphatic carbocycles. The van der Waals surface area contributed by atoms with E-state index in [0.29, 0.717) is 5.92 Å². The van der Waals surface area contributed by atoms with E-state index >= 15 is 0 Å². The molecule has 1 amide bonds. The van der Waals surface area contributed by atoms with Crippen molar-refractivity contribution >= 4 is 11.7 Å². The Balaban J connectivity index is 1.25. The molecule has 1 saturated carbocycles. The predicted octanol–water partition coefficient (Wildman–Crippen LogP) is 1.71. The van der Waals surface area contributed by atoms with Gasteiger partial charge in [0.1, 0.15) is 0 Å². The van der Waals surface area contributed by atoms with Crippen LogP contribution in [0.3, 0.4) is 0 Å². The van der Waals surface area contributed by atoms with Crippen LogP contribution >= 0.6 is 0 Å². The van der Waals surface area contributed by atoms with Gasteiger partial charge in [-0.2, -0.15) is 5.10 Å². The number of hydrogen-bond donors (Lipinski definition) is 1. The molecule has 3 aliphatic rings. The molecule has 1 aliphatic heterocycles. The Labute approximate surface area is 131 Å². The Bertz CT molecular complexity index is 562. The number of hydrogen-bond acceptors (Lipinski definition) is 4. The lowest BCUT2D eigenvalue weighted by atomic mass is 9.99. The average Bonchev–Trinajstić information content (AvgIpc) is 3.16. The lowest BCUT2D eigenvalue weighted by Gasteiger charge is -2.40. The largest absolute Gasteiger partial charge is 0.355 e. The van der Waals surface area contributed by atoms with Crippen molar-refractivity contribution in [2.24, 2.45) is 11.8 Å². The van der Waals surface area contributed by atoms with Gasteiger partial charge in [0, 0.05) is 31.5 Å². The molecule has 2 fully saturated rings. The minimum Gasteiger partial charge on any atom is -0.355 e. The summed E-state index contributed by atoms with van der Waals surface area (Å²) in [6.45, 7) is 2.78. The first-order valence-electron chi connectivity index (χ1n) is 8.68. The SMILES string of the molecule is O=C(NCC1CN(c2cc3c(nn2)CCC3)C1)C1CCCC1. The fraction of sp³-hybridized carbons (Fsp3) is 0.706. The van der Waals surface area contributed by atoms with E-state index in [1.807, 2.05) is 0 Å². The lowest BCUT2D eigenvalue weighted by Crippen LogP contribution is -2.52. The van der Waals surface area contributed by atoms with Crippen molar-refractivity contribution in [3.63, 3.8) is 0 Å². The summed E-state index contributed by atoms with van der Waals surface area (Å²) >= 11 is 0. The second-order valence-electron chi connectivity index (χ2n) is 7.03. The topological polar surface area (TPSA) is 58.1 Å². The van der Waals surface area contributed by atoms with E-state index in [1.165, 1.54) is 30.5 Å². The summed E-state index contributed by atoms with van der Waals surface area (Å²) in [7, 11) is 0. The molecular weight excluding hydrogens is 276 g/mol. The van der Waals surface area contributed by atoms with Crippen molar-refractivity contribution in [3.05, 3.63) is 17.3 Å². The normalized spacial score (nSPS) is 21.7. The van der Waals surface area contributed by atoms with Gasteiger partial charge in [-0.3, -0.25) is 4.79 Å². The molecule has 0 aromatic carbocycles. The van der Waals surface area contributed by atoms with Gasteiger partial charge in [-0.25, -0.2) is 0 Å². The molecule has 2 heterocycles. The van der Waals surface area contributed by atoms with E-state index in [9.17, 15) is 4.79 Å². The fourth-order valence-electron chi connectivity index (χ4n) is 3.93. The van der Waals surface area contributed by atoms with Gasteiger partial charge in [-0.15, -0.1) is 5.10 Å². The Morgan fingerprint density at radius 2 is 2.00 bits per heavy atom. The maximum absolute atomic E-state index is 12.0. The second kappa shape index (κ2) is 5.86. The third-order valence-electron chi connectivity index (χ3n) is 5.38. The lowest BCUT2D eigenvalue weighted by molar-refractivity contribution is -0.125. The minimum absolute atomic E-state index is 0.272. The highest BCUT2D eigenvalue weighted by molar-refractivity contribution is 5.78. The number of anilines is 1. The van der Waals surface area contributed by atoms with Crippen molar-refractivity contribution in [1.82, 2.24) is 15.5 Å². The molecule has 0 radical (unpaired) electrons. The summed E-state index contributed by atoms with van der Waals surface area (Å²) in [5.74, 6) is 2.12. The third kappa shape index (κ3) is 2.69. The summed E-state index contributed by atoms with van der Waals surface area (Å²) < 4.78 is 0. The number of fused-ring (bicyclic) bond motifs is 1. The first-order valence-corrected chi connectivity index (χ1v) is 8.68. The zero-order chi connectivity index (χ0) is 14.9. The van der Waals surface area contributed by atoms with Crippen LogP contribution in [-0.4, -0.2) is 35.7 Å². The molecule has 4 rings (SSSR count). The van der Waals surface area contributed by atoms with E-state index < -0.39 is 0 Å². The Kier molecular flexibility index (Phi) is 3.72. The zero-order valence-corrected chi connectivity index (χ0v) is 13.1. The molecule has 118 valence electrons. The number of nitrogens with zero attached hydrogens (tertiary/aromatic N) is 3. The summed E-state index contributed by atoms with van der Waals surface area (Å²) in [6, 6.07) is 2.21. The second-order valence-corrected chi connectivity index (χ2v) is 7.03. The van der Waals surface area contributed by atoms with Gasteiger partial charge in [0.25, 0.3) is 0 Å². The number of amides is 1. The van der Waals surface area contributed by atoms with Gasteiger partial charge in [0.05, 0.1) is 5.69 Å². The fourth-order valence-corrected chi connectivity index (χ4v) is 3.93. The van der Waals surface area contributed by atoms with Crippen molar-refractivity contribution < 1.29 is 4.79 Å². The standard InChI is InChI=1S/C17H24N4O/c22-17(13-4-1-2-5-13)18-9-12-10-21(11-12)16-8-14-6-3-7-15(14)19-20-16/h8,12-13H,1-7,9-11H2,(H,18,22). The van der Waals surface area contributed by atoms with Gasteiger partial charge < -0.3 is 10.2 Å². The molecule has 1 aromatic rings. The van der Waals surface area contributed by atoms with Gasteiger partial charge in [0.15, 0.2) is 5.82 Å². The number of aromatic nitrogens is 2. The van der Waals surface area contributed by atoms with E-state index in [1.54, 1.807) is 0 Å². The van der Waals surface area contributed by atoms with E-state index in [2.05, 4.69) is 26.5 Å². The molecule has 5 heteroatoms. The highest BCUT2D eigenvalue weighted by atomic mass is 16.1. The van der Waals surface area contributed by atoms with Crippen LogP contribution < -0.4 is 10.2 Å². The molecule has 1 saturated heterocycles.